The van der Waals surface area contributed by atoms with Crippen molar-refractivity contribution in [2.75, 3.05) is 0 Å². The van der Waals surface area contributed by atoms with E-state index < -0.39 is 0 Å². The number of hydrogen-bond donors (Lipinski definition) is 0. The molecule has 1 aromatic carbocycles. The van der Waals surface area contributed by atoms with Gasteiger partial charge in [0.05, 0.1) is 0 Å². The van der Waals surface area contributed by atoms with Crippen LogP contribution in [0.3, 0.4) is 0 Å². The quantitative estimate of drug-likeness (QED) is 0.680. The van der Waals surface area contributed by atoms with E-state index in [1.807, 2.05) is 24.3 Å². The molecule has 3 heteroatoms. The molecular formula is C10H8INO. The van der Waals surface area contributed by atoms with Gasteiger partial charge in [0.15, 0.2) is 0 Å². The van der Waals surface area contributed by atoms with Gasteiger partial charge in [-0.15, -0.1) is 0 Å². The molecule has 2 rings (SSSR count). The average Bonchev–Trinajstić information content (AvgIpc) is 2.12. The maximum Gasteiger partial charge on any atom is 0.258 e. The first-order valence-electron chi connectivity index (χ1n) is 3.93. The van der Waals surface area contributed by atoms with Gasteiger partial charge >= 0.3 is 0 Å². The van der Waals surface area contributed by atoms with Crippen LogP contribution in [0.15, 0.2) is 35.3 Å². The van der Waals surface area contributed by atoms with Gasteiger partial charge in [0.2, 0.25) is 0 Å². The molecule has 0 spiro atoms. The van der Waals surface area contributed by atoms with Crippen molar-refractivity contribution in [1.29, 1.82) is 0 Å². The number of benzene rings is 1. The summed E-state index contributed by atoms with van der Waals surface area (Å²) in [5, 5.41) is 1.79. The number of aryl methyl sites for hydroxylation is 1. The number of halogens is 1. The maximum atomic E-state index is 11.6. The first-order valence-corrected chi connectivity index (χ1v) is 5.01. The van der Waals surface area contributed by atoms with Gasteiger partial charge in [-0.3, -0.25) is 4.79 Å². The number of fused-ring (bicyclic) bond motifs is 1. The van der Waals surface area contributed by atoms with E-state index in [1.165, 1.54) is 0 Å². The zero-order valence-electron chi connectivity index (χ0n) is 7.12. The lowest BCUT2D eigenvalue weighted by Crippen LogP contribution is -2.15. The molecule has 0 radical (unpaired) electrons. The van der Waals surface area contributed by atoms with Gasteiger partial charge in [-0.2, -0.15) is 0 Å². The maximum absolute atomic E-state index is 11.6. The summed E-state index contributed by atoms with van der Waals surface area (Å²) in [6, 6.07) is 7.84. The van der Waals surface area contributed by atoms with E-state index in [9.17, 15) is 4.79 Å². The second-order valence-electron chi connectivity index (χ2n) is 2.96. The summed E-state index contributed by atoms with van der Waals surface area (Å²) in [7, 11) is 1.77. The summed E-state index contributed by atoms with van der Waals surface area (Å²) < 4.78 is 2.69. The smallest absolute Gasteiger partial charge is 0.258 e. The van der Waals surface area contributed by atoms with Crippen molar-refractivity contribution in [1.82, 2.24) is 4.57 Å². The largest absolute Gasteiger partial charge is 0.318 e. The predicted octanol–water partition coefficient (Wildman–Crippen LogP) is 2.14. The van der Waals surface area contributed by atoms with Gasteiger partial charge in [-0.25, -0.2) is 0 Å². The summed E-state index contributed by atoms with van der Waals surface area (Å²) in [4.78, 5) is 11.6. The predicted molar refractivity (Wildman–Crippen MR) is 61.9 cm³/mol. The highest BCUT2D eigenvalue weighted by Crippen LogP contribution is 2.13. The van der Waals surface area contributed by atoms with Gasteiger partial charge in [-0.1, -0.05) is 6.07 Å². The molecule has 0 unspecified atom stereocenters. The second kappa shape index (κ2) is 3.14. The highest BCUT2D eigenvalue weighted by molar-refractivity contribution is 14.1. The Morgan fingerprint density at radius 2 is 2.08 bits per heavy atom. The summed E-state index contributed by atoms with van der Waals surface area (Å²) in [6.45, 7) is 0. The molecule has 0 aliphatic heterocycles. The minimum absolute atomic E-state index is 0.0658. The Bertz CT molecular complexity index is 511. The monoisotopic (exact) mass is 285 g/mol. The minimum atomic E-state index is 0.0658. The summed E-state index contributed by atoms with van der Waals surface area (Å²) in [6.07, 6.45) is 1.79. The molecule has 0 aliphatic carbocycles. The van der Waals surface area contributed by atoms with Crippen LogP contribution >= 0.6 is 22.6 Å². The van der Waals surface area contributed by atoms with Crippen molar-refractivity contribution >= 4 is 33.4 Å². The molecule has 0 aliphatic rings. The highest BCUT2D eigenvalue weighted by atomic mass is 127. The van der Waals surface area contributed by atoms with Gasteiger partial charge in [-0.05, 0) is 46.2 Å². The van der Waals surface area contributed by atoms with Crippen molar-refractivity contribution in [2.24, 2.45) is 7.05 Å². The number of pyridine rings is 1. The van der Waals surface area contributed by atoms with Crippen LogP contribution in [-0.4, -0.2) is 4.57 Å². The third-order valence-corrected chi connectivity index (χ3v) is 2.71. The van der Waals surface area contributed by atoms with Gasteiger partial charge in [0.25, 0.3) is 5.56 Å². The van der Waals surface area contributed by atoms with Crippen LogP contribution < -0.4 is 5.56 Å². The van der Waals surface area contributed by atoms with Gasteiger partial charge in [0.1, 0.15) is 0 Å². The van der Waals surface area contributed by atoms with E-state index in [2.05, 4.69) is 22.6 Å². The van der Waals surface area contributed by atoms with Crippen LogP contribution in [0, 0.1) is 3.57 Å². The normalized spacial score (nSPS) is 10.6. The summed E-state index contributed by atoms with van der Waals surface area (Å²) in [5.74, 6) is 0. The zero-order chi connectivity index (χ0) is 9.42. The molecule has 1 aromatic heterocycles. The highest BCUT2D eigenvalue weighted by Gasteiger charge is 1.99. The lowest BCUT2D eigenvalue weighted by atomic mass is 10.2. The van der Waals surface area contributed by atoms with Gasteiger partial charge < -0.3 is 4.57 Å². The molecule has 0 saturated carbocycles. The molecule has 0 amide bonds. The lowest BCUT2D eigenvalue weighted by Gasteiger charge is -2.00. The zero-order valence-corrected chi connectivity index (χ0v) is 9.28. The Kier molecular flexibility index (Phi) is 2.11. The van der Waals surface area contributed by atoms with Crippen molar-refractivity contribution in [3.8, 4) is 0 Å². The van der Waals surface area contributed by atoms with Crippen molar-refractivity contribution in [3.05, 3.63) is 44.4 Å². The Labute approximate surface area is 89.3 Å². The Morgan fingerprint density at radius 3 is 2.85 bits per heavy atom. The summed E-state index contributed by atoms with van der Waals surface area (Å²) >= 11 is 2.21. The minimum Gasteiger partial charge on any atom is -0.318 e. The third kappa shape index (κ3) is 1.48. The van der Waals surface area contributed by atoms with E-state index >= 15 is 0 Å². The van der Waals surface area contributed by atoms with Crippen LogP contribution in [-0.2, 0) is 7.05 Å². The Balaban J connectivity index is 2.97. The molecule has 13 heavy (non-hydrogen) atoms. The van der Waals surface area contributed by atoms with E-state index in [4.69, 9.17) is 0 Å². The van der Waals surface area contributed by atoms with Crippen molar-refractivity contribution < 1.29 is 0 Å². The van der Waals surface area contributed by atoms with Crippen LogP contribution in [0.1, 0.15) is 0 Å². The molecule has 0 bridgehead atoms. The number of nitrogens with zero attached hydrogens (tertiary/aromatic N) is 1. The molecule has 0 fully saturated rings. The second-order valence-corrected chi connectivity index (χ2v) is 4.21. The molecular weight excluding hydrogens is 277 g/mol. The lowest BCUT2D eigenvalue weighted by molar-refractivity contribution is 0.873. The SMILES string of the molecule is Cn1ccc2ccc(I)cc2c1=O. The van der Waals surface area contributed by atoms with E-state index in [0.29, 0.717) is 0 Å². The van der Waals surface area contributed by atoms with Crippen LogP contribution in [0.25, 0.3) is 10.8 Å². The number of aromatic nitrogens is 1. The molecule has 2 nitrogen and oxygen atoms in total. The fourth-order valence-corrected chi connectivity index (χ4v) is 1.80. The summed E-state index contributed by atoms with van der Waals surface area (Å²) in [5.41, 5.74) is 0.0658. The van der Waals surface area contributed by atoms with Crippen molar-refractivity contribution in [3.63, 3.8) is 0 Å². The Morgan fingerprint density at radius 1 is 1.31 bits per heavy atom. The fourth-order valence-electron chi connectivity index (χ4n) is 1.31. The van der Waals surface area contributed by atoms with Crippen LogP contribution in [0.2, 0.25) is 0 Å². The van der Waals surface area contributed by atoms with E-state index in [1.54, 1.807) is 17.8 Å². The van der Waals surface area contributed by atoms with E-state index in [0.717, 1.165) is 14.3 Å². The molecule has 1 heterocycles. The van der Waals surface area contributed by atoms with Crippen molar-refractivity contribution in [2.45, 2.75) is 0 Å². The third-order valence-electron chi connectivity index (χ3n) is 2.04. The Hall–Kier alpha value is -0.840. The molecule has 66 valence electrons. The first kappa shape index (κ1) is 8.74. The topological polar surface area (TPSA) is 22.0 Å². The fraction of sp³-hybridized carbons (Fsp3) is 0.100. The number of hydrogen-bond acceptors (Lipinski definition) is 1. The molecule has 0 saturated heterocycles. The van der Waals surface area contributed by atoms with Crippen LogP contribution in [0.4, 0.5) is 0 Å². The molecule has 2 aromatic rings. The average molecular weight is 285 g/mol. The van der Waals surface area contributed by atoms with E-state index in [-0.39, 0.29) is 5.56 Å². The molecule has 0 N–H and O–H groups in total. The van der Waals surface area contributed by atoms with Gasteiger partial charge in [0, 0.05) is 22.2 Å². The standard InChI is InChI=1S/C10H8INO/c1-12-5-4-7-2-3-8(11)6-9(7)10(12)13/h2-6H,1H3. The first-order chi connectivity index (χ1) is 6.18. The molecule has 0 atom stereocenters. The number of rotatable bonds is 0. The van der Waals surface area contributed by atoms with Crippen LogP contribution in [0.5, 0.6) is 0 Å².